The first-order chi connectivity index (χ1) is 6.66. The van der Waals surface area contributed by atoms with Gasteiger partial charge in [0.05, 0.1) is 5.69 Å². The molecule has 2 aromatic rings. The van der Waals surface area contributed by atoms with Crippen LogP contribution in [0.5, 0.6) is 0 Å². The first-order valence-corrected chi connectivity index (χ1v) is 6.22. The van der Waals surface area contributed by atoms with Crippen LogP contribution in [-0.4, -0.2) is 9.78 Å². The van der Waals surface area contributed by atoms with Gasteiger partial charge < -0.3 is 0 Å². The molecule has 0 aliphatic rings. The average Bonchev–Trinajstić information content (AvgIpc) is 2.47. The van der Waals surface area contributed by atoms with Crippen molar-refractivity contribution in [3.05, 3.63) is 44.0 Å². The van der Waals surface area contributed by atoms with Gasteiger partial charge in [0.2, 0.25) is 0 Å². The lowest BCUT2D eigenvalue weighted by Crippen LogP contribution is -1.95. The van der Waals surface area contributed by atoms with Crippen molar-refractivity contribution in [2.24, 2.45) is 0 Å². The van der Waals surface area contributed by atoms with Crippen LogP contribution in [0.1, 0.15) is 0 Å². The van der Waals surface area contributed by atoms with E-state index >= 15 is 0 Å². The van der Waals surface area contributed by atoms with E-state index in [1.807, 2.05) is 35.0 Å². The first-order valence-electron chi connectivity index (χ1n) is 3.84. The van der Waals surface area contributed by atoms with Crippen LogP contribution < -0.4 is 0 Å². The maximum Gasteiger partial charge on any atom is 0.129 e. The van der Waals surface area contributed by atoms with Crippen LogP contribution in [0.4, 0.5) is 0 Å². The molecule has 2 rings (SSSR count). The largest absolute Gasteiger partial charge is 0.226 e. The minimum Gasteiger partial charge on any atom is -0.226 e. The molecular formula is C9H5Br3N2. The molecular weight excluding hydrogens is 376 g/mol. The van der Waals surface area contributed by atoms with Gasteiger partial charge in [-0.2, -0.15) is 5.10 Å². The molecule has 0 saturated heterocycles. The summed E-state index contributed by atoms with van der Waals surface area (Å²) >= 11 is 10.1. The highest BCUT2D eigenvalue weighted by Gasteiger charge is 2.04. The van der Waals surface area contributed by atoms with E-state index in [0.717, 1.165) is 19.4 Å². The van der Waals surface area contributed by atoms with Crippen molar-refractivity contribution in [1.82, 2.24) is 9.78 Å². The SMILES string of the molecule is Brc1ccc(-n2nc(Br)cc2Br)cc1. The predicted molar refractivity (Wildman–Crippen MR) is 66.7 cm³/mol. The summed E-state index contributed by atoms with van der Waals surface area (Å²) in [6.07, 6.45) is 0. The van der Waals surface area contributed by atoms with Crippen LogP contribution in [0.15, 0.2) is 44.0 Å². The summed E-state index contributed by atoms with van der Waals surface area (Å²) in [5.41, 5.74) is 1.02. The minimum absolute atomic E-state index is 0.812. The molecule has 14 heavy (non-hydrogen) atoms. The number of aromatic nitrogens is 2. The van der Waals surface area contributed by atoms with E-state index in [1.165, 1.54) is 0 Å². The molecule has 0 aliphatic carbocycles. The molecule has 1 aromatic heterocycles. The molecule has 0 amide bonds. The van der Waals surface area contributed by atoms with Crippen molar-refractivity contribution in [2.75, 3.05) is 0 Å². The Morgan fingerprint density at radius 2 is 1.64 bits per heavy atom. The second-order valence-corrected chi connectivity index (χ2v) is 5.22. The van der Waals surface area contributed by atoms with Gasteiger partial charge in [-0.15, -0.1) is 0 Å². The molecule has 0 radical (unpaired) electrons. The van der Waals surface area contributed by atoms with Crippen LogP contribution in [0.3, 0.4) is 0 Å². The Hall–Kier alpha value is -0.130. The van der Waals surface area contributed by atoms with Crippen molar-refractivity contribution in [3.63, 3.8) is 0 Å². The molecule has 0 atom stereocenters. The fourth-order valence-electron chi connectivity index (χ4n) is 1.09. The fraction of sp³-hybridized carbons (Fsp3) is 0. The van der Waals surface area contributed by atoms with Crippen LogP contribution >= 0.6 is 47.8 Å². The topological polar surface area (TPSA) is 17.8 Å². The molecule has 0 bridgehead atoms. The summed E-state index contributed by atoms with van der Waals surface area (Å²) < 4.78 is 4.61. The Balaban J connectivity index is 2.49. The van der Waals surface area contributed by atoms with Gasteiger partial charge in [0, 0.05) is 10.5 Å². The summed E-state index contributed by atoms with van der Waals surface area (Å²) in [4.78, 5) is 0. The van der Waals surface area contributed by atoms with Crippen LogP contribution in [0.2, 0.25) is 0 Å². The number of hydrogen-bond donors (Lipinski definition) is 0. The number of nitrogens with zero attached hydrogens (tertiary/aromatic N) is 2. The number of rotatable bonds is 1. The van der Waals surface area contributed by atoms with Crippen molar-refractivity contribution in [2.45, 2.75) is 0 Å². The highest BCUT2D eigenvalue weighted by molar-refractivity contribution is 9.11. The molecule has 0 spiro atoms. The molecule has 72 valence electrons. The highest BCUT2D eigenvalue weighted by Crippen LogP contribution is 2.21. The van der Waals surface area contributed by atoms with Gasteiger partial charge in [-0.3, -0.25) is 0 Å². The lowest BCUT2D eigenvalue weighted by molar-refractivity contribution is 0.852. The second-order valence-electron chi connectivity index (χ2n) is 2.68. The van der Waals surface area contributed by atoms with Crippen LogP contribution in [-0.2, 0) is 0 Å². The van der Waals surface area contributed by atoms with Gasteiger partial charge in [-0.05, 0) is 56.1 Å². The lowest BCUT2D eigenvalue weighted by Gasteiger charge is -2.02. The lowest BCUT2D eigenvalue weighted by atomic mass is 10.3. The Morgan fingerprint density at radius 1 is 1.00 bits per heavy atom. The van der Waals surface area contributed by atoms with E-state index < -0.39 is 0 Å². The predicted octanol–water partition coefficient (Wildman–Crippen LogP) is 4.16. The van der Waals surface area contributed by atoms with Gasteiger partial charge in [-0.25, -0.2) is 4.68 Å². The normalized spacial score (nSPS) is 10.5. The first kappa shape index (κ1) is 10.4. The zero-order chi connectivity index (χ0) is 10.1. The molecule has 0 N–H and O–H groups in total. The zero-order valence-corrected chi connectivity index (χ0v) is 11.7. The van der Waals surface area contributed by atoms with Gasteiger partial charge >= 0.3 is 0 Å². The summed E-state index contributed by atoms with van der Waals surface area (Å²) in [6, 6.07) is 9.86. The van der Waals surface area contributed by atoms with Gasteiger partial charge in [0.1, 0.15) is 9.21 Å². The van der Waals surface area contributed by atoms with Crippen molar-refractivity contribution in [3.8, 4) is 5.69 Å². The molecule has 5 heteroatoms. The molecule has 1 aromatic carbocycles. The summed E-state index contributed by atoms with van der Waals surface area (Å²) in [5.74, 6) is 0. The fourth-order valence-corrected chi connectivity index (χ4v) is 2.54. The standard InChI is InChI=1S/C9H5Br3N2/c10-6-1-3-7(4-2-6)14-9(12)5-8(11)13-14/h1-5H. The maximum absolute atomic E-state index is 4.28. The third-order valence-corrected chi connectivity index (χ3v) is 3.19. The number of halogens is 3. The van der Waals surface area contributed by atoms with Gasteiger partial charge in [0.25, 0.3) is 0 Å². The van der Waals surface area contributed by atoms with Crippen molar-refractivity contribution in [1.29, 1.82) is 0 Å². The Kier molecular flexibility index (Phi) is 3.09. The summed E-state index contributed by atoms with van der Waals surface area (Å²) in [7, 11) is 0. The van der Waals surface area contributed by atoms with E-state index in [2.05, 4.69) is 52.9 Å². The van der Waals surface area contributed by atoms with Gasteiger partial charge in [-0.1, -0.05) is 15.9 Å². The van der Waals surface area contributed by atoms with E-state index in [9.17, 15) is 0 Å². The molecule has 1 heterocycles. The minimum atomic E-state index is 0.812. The monoisotopic (exact) mass is 378 g/mol. The summed E-state index contributed by atoms with van der Waals surface area (Å²) in [6.45, 7) is 0. The Bertz CT molecular complexity index is 448. The highest BCUT2D eigenvalue weighted by atomic mass is 79.9. The van der Waals surface area contributed by atoms with E-state index in [0.29, 0.717) is 0 Å². The smallest absolute Gasteiger partial charge is 0.129 e. The molecule has 0 unspecified atom stereocenters. The average molecular weight is 381 g/mol. The quantitative estimate of drug-likeness (QED) is 0.726. The zero-order valence-electron chi connectivity index (χ0n) is 6.92. The summed E-state index contributed by atoms with van der Waals surface area (Å²) in [5, 5.41) is 4.28. The van der Waals surface area contributed by atoms with E-state index in [-0.39, 0.29) is 0 Å². The third-order valence-electron chi connectivity index (χ3n) is 1.71. The van der Waals surface area contributed by atoms with E-state index in [4.69, 9.17) is 0 Å². The van der Waals surface area contributed by atoms with Crippen molar-refractivity contribution < 1.29 is 0 Å². The second kappa shape index (κ2) is 4.16. The molecule has 0 aliphatic heterocycles. The molecule has 2 nitrogen and oxygen atoms in total. The third kappa shape index (κ3) is 2.10. The number of benzene rings is 1. The van der Waals surface area contributed by atoms with Gasteiger partial charge in [0.15, 0.2) is 0 Å². The Labute approximate surface area is 107 Å². The van der Waals surface area contributed by atoms with E-state index in [1.54, 1.807) is 0 Å². The molecule has 0 saturated carbocycles. The van der Waals surface area contributed by atoms with Crippen LogP contribution in [0, 0.1) is 0 Å². The van der Waals surface area contributed by atoms with Crippen molar-refractivity contribution >= 4 is 47.8 Å². The Morgan fingerprint density at radius 3 is 2.14 bits per heavy atom. The van der Waals surface area contributed by atoms with Crippen LogP contribution in [0.25, 0.3) is 5.69 Å². The maximum atomic E-state index is 4.28. The molecule has 0 fully saturated rings. The number of hydrogen-bond acceptors (Lipinski definition) is 1.